The lowest BCUT2D eigenvalue weighted by Crippen LogP contribution is -2.59. The molecule has 35 heavy (non-hydrogen) atoms. The van der Waals surface area contributed by atoms with Crippen LogP contribution in [0.3, 0.4) is 0 Å². The standard InChI is InChI=1S/C23H25F2N9O/c1-12-29-20-21(33(12)11-17(24)25)31-16(10-27-20)14-8-26-19-15(14)9-28-22(32-19)30-13-6-23(2,7-13)34-5-3-4-18(34)35/h8-10,13,17H,3-7,11H2,1-2H3,(H2,26,28,30,32)/t13-,23-. The summed E-state index contributed by atoms with van der Waals surface area (Å²) in [7, 11) is 0. The third-order valence-electron chi connectivity index (χ3n) is 7.11. The topological polar surface area (TPSA) is 118 Å². The molecule has 1 amide bonds. The minimum absolute atomic E-state index is 0.0958. The Labute approximate surface area is 199 Å². The predicted molar refractivity (Wildman–Crippen MR) is 125 cm³/mol. The summed E-state index contributed by atoms with van der Waals surface area (Å²) >= 11 is 0. The van der Waals surface area contributed by atoms with E-state index in [9.17, 15) is 13.6 Å². The fraction of sp³-hybridized carbons (Fsp3) is 0.478. The molecule has 0 bridgehead atoms. The number of alkyl halides is 2. The van der Waals surface area contributed by atoms with Crippen LogP contribution in [-0.2, 0) is 11.3 Å². The molecule has 1 aliphatic heterocycles. The molecule has 0 radical (unpaired) electrons. The highest BCUT2D eigenvalue weighted by molar-refractivity contribution is 5.93. The van der Waals surface area contributed by atoms with E-state index < -0.39 is 13.0 Å². The van der Waals surface area contributed by atoms with Crippen LogP contribution in [0.15, 0.2) is 18.6 Å². The number of aryl methyl sites for hydroxylation is 1. The second kappa shape index (κ2) is 7.92. The van der Waals surface area contributed by atoms with Gasteiger partial charge in [-0.1, -0.05) is 0 Å². The van der Waals surface area contributed by atoms with Crippen LogP contribution in [0.5, 0.6) is 0 Å². The molecule has 4 aromatic rings. The zero-order chi connectivity index (χ0) is 24.3. The Bertz CT molecular complexity index is 1440. The highest BCUT2D eigenvalue weighted by atomic mass is 19.3. The van der Waals surface area contributed by atoms with Crippen LogP contribution < -0.4 is 5.32 Å². The average Bonchev–Trinajstić information content (AvgIpc) is 3.49. The molecule has 0 aromatic carbocycles. The summed E-state index contributed by atoms with van der Waals surface area (Å²) in [6.07, 6.45) is 5.83. The molecule has 6 rings (SSSR count). The SMILES string of the molecule is Cc1nc2ncc(-c3c[nH]c4nc(N[C@H]5C[C@](C)(N6CCCC6=O)C5)ncc34)nc2n1CC(F)F. The van der Waals surface area contributed by atoms with Gasteiger partial charge in [0.1, 0.15) is 11.5 Å². The van der Waals surface area contributed by atoms with Crippen molar-refractivity contribution in [2.24, 2.45) is 0 Å². The molecule has 1 saturated carbocycles. The van der Waals surface area contributed by atoms with Crippen LogP contribution in [0.25, 0.3) is 33.6 Å². The molecule has 0 spiro atoms. The van der Waals surface area contributed by atoms with Gasteiger partial charge in [-0.25, -0.2) is 28.7 Å². The van der Waals surface area contributed by atoms with Gasteiger partial charge < -0.3 is 19.8 Å². The van der Waals surface area contributed by atoms with Crippen molar-refractivity contribution in [1.29, 1.82) is 0 Å². The van der Waals surface area contributed by atoms with Gasteiger partial charge in [0, 0.05) is 47.9 Å². The number of halogens is 2. The van der Waals surface area contributed by atoms with Gasteiger partial charge in [-0.15, -0.1) is 0 Å². The highest BCUT2D eigenvalue weighted by Crippen LogP contribution is 2.41. The minimum atomic E-state index is -2.52. The van der Waals surface area contributed by atoms with Crippen molar-refractivity contribution in [3.8, 4) is 11.3 Å². The lowest BCUT2D eigenvalue weighted by molar-refractivity contribution is -0.136. The number of likely N-dealkylation sites (tertiary alicyclic amines) is 1. The maximum atomic E-state index is 13.0. The van der Waals surface area contributed by atoms with Gasteiger partial charge in [0.2, 0.25) is 11.9 Å². The molecule has 4 aromatic heterocycles. The Hall–Kier alpha value is -3.70. The van der Waals surface area contributed by atoms with Gasteiger partial charge in [0.15, 0.2) is 11.3 Å². The van der Waals surface area contributed by atoms with E-state index in [1.54, 1.807) is 25.5 Å². The lowest BCUT2D eigenvalue weighted by atomic mass is 9.73. The van der Waals surface area contributed by atoms with Crippen LogP contribution in [0.2, 0.25) is 0 Å². The van der Waals surface area contributed by atoms with E-state index >= 15 is 0 Å². The summed E-state index contributed by atoms with van der Waals surface area (Å²) in [5.41, 5.74) is 2.44. The number of aromatic amines is 1. The second-order valence-corrected chi connectivity index (χ2v) is 9.62. The number of amides is 1. The predicted octanol–water partition coefficient (Wildman–Crippen LogP) is 3.29. The molecule has 182 valence electrons. The number of carbonyl (C=O) groups is 1. The van der Waals surface area contributed by atoms with E-state index in [2.05, 4.69) is 42.1 Å². The Morgan fingerprint density at radius 3 is 2.80 bits per heavy atom. The summed E-state index contributed by atoms with van der Waals surface area (Å²) < 4.78 is 27.5. The molecule has 2 N–H and O–H groups in total. The molecule has 5 heterocycles. The normalized spacial score (nSPS) is 22.5. The van der Waals surface area contributed by atoms with E-state index in [0.717, 1.165) is 36.8 Å². The van der Waals surface area contributed by atoms with Crippen molar-refractivity contribution in [3.05, 3.63) is 24.4 Å². The number of anilines is 1. The number of nitrogens with zero attached hydrogens (tertiary/aromatic N) is 7. The number of nitrogens with one attached hydrogen (secondary N) is 2. The summed E-state index contributed by atoms with van der Waals surface area (Å²) in [5.74, 6) is 1.20. The van der Waals surface area contributed by atoms with Gasteiger partial charge in [0.25, 0.3) is 6.43 Å². The first-order valence-corrected chi connectivity index (χ1v) is 11.7. The van der Waals surface area contributed by atoms with Crippen LogP contribution in [0.1, 0.15) is 38.4 Å². The monoisotopic (exact) mass is 481 g/mol. The van der Waals surface area contributed by atoms with Gasteiger partial charge in [-0.05, 0) is 33.1 Å². The summed E-state index contributed by atoms with van der Waals surface area (Å²) in [6, 6.07) is 0.201. The van der Waals surface area contributed by atoms with Crippen molar-refractivity contribution in [2.75, 3.05) is 11.9 Å². The van der Waals surface area contributed by atoms with Crippen molar-refractivity contribution >= 4 is 34.2 Å². The Balaban J connectivity index is 1.22. The first-order valence-electron chi connectivity index (χ1n) is 11.7. The molecule has 2 aliphatic rings. The number of H-pyrrole nitrogens is 1. The summed E-state index contributed by atoms with van der Waals surface area (Å²) in [6.45, 7) is 4.15. The number of fused-ring (bicyclic) bond motifs is 2. The Kier molecular flexibility index (Phi) is 4.94. The van der Waals surface area contributed by atoms with E-state index in [1.807, 2.05) is 4.90 Å². The van der Waals surface area contributed by atoms with E-state index in [0.29, 0.717) is 40.8 Å². The van der Waals surface area contributed by atoms with Gasteiger partial charge >= 0.3 is 0 Å². The van der Waals surface area contributed by atoms with Crippen molar-refractivity contribution < 1.29 is 13.6 Å². The fourth-order valence-corrected chi connectivity index (χ4v) is 5.40. The van der Waals surface area contributed by atoms with E-state index in [4.69, 9.17) is 0 Å². The minimum Gasteiger partial charge on any atom is -0.351 e. The third-order valence-corrected chi connectivity index (χ3v) is 7.11. The molecular weight excluding hydrogens is 456 g/mol. The highest BCUT2D eigenvalue weighted by Gasteiger charge is 2.48. The fourth-order valence-electron chi connectivity index (χ4n) is 5.40. The van der Waals surface area contributed by atoms with Crippen molar-refractivity contribution in [3.63, 3.8) is 0 Å². The van der Waals surface area contributed by atoms with E-state index in [1.165, 1.54) is 4.57 Å². The van der Waals surface area contributed by atoms with Gasteiger partial charge in [0.05, 0.1) is 18.4 Å². The number of aromatic nitrogens is 7. The van der Waals surface area contributed by atoms with Crippen LogP contribution in [0, 0.1) is 6.92 Å². The average molecular weight is 482 g/mol. The zero-order valence-corrected chi connectivity index (χ0v) is 19.4. The molecule has 10 nitrogen and oxygen atoms in total. The molecule has 1 aliphatic carbocycles. The summed E-state index contributed by atoms with van der Waals surface area (Å²) in [4.78, 5) is 39.5. The maximum absolute atomic E-state index is 13.0. The number of hydrogen-bond acceptors (Lipinski definition) is 7. The Morgan fingerprint density at radius 1 is 1.23 bits per heavy atom. The largest absolute Gasteiger partial charge is 0.351 e. The third kappa shape index (κ3) is 3.67. The first kappa shape index (κ1) is 21.8. The smallest absolute Gasteiger partial charge is 0.256 e. The van der Waals surface area contributed by atoms with E-state index in [-0.39, 0.29) is 17.5 Å². The number of carbonyl (C=O) groups excluding carboxylic acids is 1. The first-order chi connectivity index (χ1) is 16.8. The van der Waals surface area contributed by atoms with Gasteiger partial charge in [-0.3, -0.25) is 4.79 Å². The van der Waals surface area contributed by atoms with Crippen molar-refractivity contribution in [2.45, 2.75) is 64.1 Å². The number of rotatable bonds is 6. The Morgan fingerprint density at radius 2 is 2.06 bits per heavy atom. The van der Waals surface area contributed by atoms with Crippen LogP contribution in [-0.4, -0.2) is 69.8 Å². The molecule has 0 atom stereocenters. The molecule has 2 fully saturated rings. The number of imidazole rings is 1. The number of hydrogen-bond donors (Lipinski definition) is 2. The molecule has 12 heteroatoms. The second-order valence-electron chi connectivity index (χ2n) is 9.62. The van der Waals surface area contributed by atoms with Crippen molar-refractivity contribution in [1.82, 2.24) is 39.4 Å². The molecule has 0 unspecified atom stereocenters. The van der Waals surface area contributed by atoms with Gasteiger partial charge in [-0.2, -0.15) is 4.98 Å². The maximum Gasteiger partial charge on any atom is 0.256 e. The van der Waals surface area contributed by atoms with Crippen LogP contribution >= 0.6 is 0 Å². The molecular formula is C23H25F2N9O. The summed E-state index contributed by atoms with van der Waals surface area (Å²) in [5, 5.41) is 4.13. The zero-order valence-electron chi connectivity index (χ0n) is 19.4. The quantitative estimate of drug-likeness (QED) is 0.434. The molecule has 1 saturated heterocycles. The lowest BCUT2D eigenvalue weighted by Gasteiger charge is -2.51. The van der Waals surface area contributed by atoms with Crippen LogP contribution in [0.4, 0.5) is 14.7 Å².